The first-order valence-corrected chi connectivity index (χ1v) is 3.15. The summed E-state index contributed by atoms with van der Waals surface area (Å²) >= 11 is 0. The average molecular weight is 195 g/mol. The minimum absolute atomic E-state index is 0. The summed E-state index contributed by atoms with van der Waals surface area (Å²) in [5.74, 6) is 0. The van der Waals surface area contributed by atoms with Gasteiger partial charge in [0.15, 0.2) is 0 Å². The Morgan fingerprint density at radius 1 is 1.42 bits per heavy atom. The maximum Gasteiger partial charge on any atom is 0.257 e. The molecular weight excluding hydrogens is 186 g/mol. The zero-order valence-corrected chi connectivity index (χ0v) is 6.97. The lowest BCUT2D eigenvalue weighted by molar-refractivity contribution is 0.116. The van der Waals surface area contributed by atoms with E-state index in [1.54, 1.807) is 6.07 Å². The molecule has 1 rings (SSSR count). The summed E-state index contributed by atoms with van der Waals surface area (Å²) in [5, 5.41) is 0. The highest BCUT2D eigenvalue weighted by Gasteiger charge is 2.16. The van der Waals surface area contributed by atoms with Gasteiger partial charge in [0.1, 0.15) is 0 Å². The zero-order chi connectivity index (χ0) is 8.27. The fourth-order valence-corrected chi connectivity index (χ4v) is 0.719. The maximum atomic E-state index is 12.0. The van der Waals surface area contributed by atoms with Gasteiger partial charge in [0.05, 0.1) is 6.04 Å². The van der Waals surface area contributed by atoms with Crippen LogP contribution in [-0.4, -0.2) is 11.4 Å². The van der Waals surface area contributed by atoms with Crippen molar-refractivity contribution < 1.29 is 8.78 Å². The third-order valence-corrected chi connectivity index (χ3v) is 1.34. The monoisotopic (exact) mass is 194 g/mol. The summed E-state index contributed by atoms with van der Waals surface area (Å²) in [5.41, 5.74) is 5.51. The zero-order valence-electron chi connectivity index (χ0n) is 6.15. The van der Waals surface area contributed by atoms with Gasteiger partial charge < -0.3 is 5.73 Å². The number of nitrogens with zero attached hydrogens (tertiary/aromatic N) is 1. The Hall–Kier alpha value is -0.740. The van der Waals surface area contributed by atoms with Gasteiger partial charge in [-0.2, -0.15) is 0 Å². The predicted molar refractivity (Wildman–Crippen MR) is 44.4 cm³/mol. The first kappa shape index (κ1) is 11.3. The molecule has 0 aromatic carbocycles. The second-order valence-corrected chi connectivity index (χ2v) is 2.15. The van der Waals surface area contributed by atoms with Gasteiger partial charge in [-0.25, -0.2) is 8.78 Å². The van der Waals surface area contributed by atoms with Crippen molar-refractivity contribution in [3.63, 3.8) is 0 Å². The molecule has 0 unspecified atom stereocenters. The quantitative estimate of drug-likeness (QED) is 0.780. The van der Waals surface area contributed by atoms with Crippen molar-refractivity contribution >= 4 is 12.4 Å². The first-order chi connectivity index (χ1) is 5.22. The van der Waals surface area contributed by atoms with Crippen LogP contribution in [0.4, 0.5) is 8.78 Å². The fourth-order valence-electron chi connectivity index (χ4n) is 0.719. The Labute approximate surface area is 75.2 Å². The highest BCUT2D eigenvalue weighted by atomic mass is 35.5. The molecule has 0 aliphatic rings. The number of aromatic nitrogens is 1. The van der Waals surface area contributed by atoms with Gasteiger partial charge in [-0.3, -0.25) is 4.98 Å². The highest BCUT2D eigenvalue weighted by Crippen LogP contribution is 2.15. The lowest BCUT2D eigenvalue weighted by atomic mass is 10.1. The van der Waals surface area contributed by atoms with Crippen molar-refractivity contribution in [1.82, 2.24) is 4.98 Å². The van der Waals surface area contributed by atoms with E-state index in [2.05, 4.69) is 4.98 Å². The van der Waals surface area contributed by atoms with Crippen LogP contribution in [0, 0.1) is 0 Å². The molecular formula is C7H9ClF2N2. The third kappa shape index (κ3) is 2.71. The SMILES string of the molecule is Cl.N[C@@H](c1cccnc1)C(F)F. The third-order valence-electron chi connectivity index (χ3n) is 1.34. The van der Waals surface area contributed by atoms with Gasteiger partial charge in [-0.05, 0) is 11.6 Å². The molecule has 0 aliphatic heterocycles. The second kappa shape index (κ2) is 5.00. The van der Waals surface area contributed by atoms with E-state index >= 15 is 0 Å². The van der Waals surface area contributed by atoms with Crippen LogP contribution in [0.2, 0.25) is 0 Å². The van der Waals surface area contributed by atoms with Crippen LogP contribution in [0.15, 0.2) is 24.5 Å². The lowest BCUT2D eigenvalue weighted by Gasteiger charge is -2.08. The minimum atomic E-state index is -2.53. The van der Waals surface area contributed by atoms with E-state index in [1.165, 1.54) is 18.5 Å². The van der Waals surface area contributed by atoms with Crippen LogP contribution in [0.3, 0.4) is 0 Å². The molecule has 0 saturated heterocycles. The van der Waals surface area contributed by atoms with Gasteiger partial charge >= 0.3 is 0 Å². The van der Waals surface area contributed by atoms with Crippen molar-refractivity contribution in [1.29, 1.82) is 0 Å². The average Bonchev–Trinajstić information content (AvgIpc) is 2.05. The van der Waals surface area contributed by atoms with E-state index < -0.39 is 12.5 Å². The van der Waals surface area contributed by atoms with E-state index in [0.29, 0.717) is 5.56 Å². The topological polar surface area (TPSA) is 38.9 Å². The molecule has 0 radical (unpaired) electrons. The van der Waals surface area contributed by atoms with E-state index in [0.717, 1.165) is 0 Å². The molecule has 2 nitrogen and oxygen atoms in total. The number of pyridine rings is 1. The minimum Gasteiger partial charge on any atom is -0.319 e. The molecule has 2 N–H and O–H groups in total. The van der Waals surface area contributed by atoms with Gasteiger partial charge in [-0.15, -0.1) is 12.4 Å². The van der Waals surface area contributed by atoms with Gasteiger partial charge in [0, 0.05) is 12.4 Å². The van der Waals surface area contributed by atoms with Gasteiger partial charge in [-0.1, -0.05) is 6.07 Å². The summed E-state index contributed by atoms with van der Waals surface area (Å²) in [6, 6.07) is 1.89. The molecule has 0 aliphatic carbocycles. The number of halogens is 3. The molecule has 0 bridgehead atoms. The number of hydrogen-bond donors (Lipinski definition) is 1. The molecule has 0 fully saturated rings. The Morgan fingerprint density at radius 2 is 2.08 bits per heavy atom. The normalized spacial score (nSPS) is 12.3. The van der Waals surface area contributed by atoms with Crippen molar-refractivity contribution in [2.45, 2.75) is 12.5 Å². The Morgan fingerprint density at radius 3 is 2.50 bits per heavy atom. The fraction of sp³-hybridized carbons (Fsp3) is 0.286. The standard InChI is InChI=1S/C7H8F2N2.ClH/c8-7(9)6(10)5-2-1-3-11-4-5;/h1-4,6-7H,10H2;1H/t6-;/m0./s1. The van der Waals surface area contributed by atoms with Crippen LogP contribution < -0.4 is 5.73 Å². The number of nitrogens with two attached hydrogens (primary N) is 1. The smallest absolute Gasteiger partial charge is 0.257 e. The molecule has 12 heavy (non-hydrogen) atoms. The Bertz CT molecular complexity index is 218. The maximum absolute atomic E-state index is 12.0. The number of rotatable bonds is 2. The van der Waals surface area contributed by atoms with Crippen molar-refractivity contribution in [2.75, 3.05) is 0 Å². The molecule has 1 atom stereocenters. The molecule has 68 valence electrons. The lowest BCUT2D eigenvalue weighted by Crippen LogP contribution is -2.18. The summed E-state index contributed by atoms with van der Waals surface area (Å²) in [4.78, 5) is 3.67. The van der Waals surface area contributed by atoms with E-state index in [-0.39, 0.29) is 12.4 Å². The highest BCUT2D eigenvalue weighted by molar-refractivity contribution is 5.85. The summed E-state index contributed by atoms with van der Waals surface area (Å²) < 4.78 is 23.9. The molecule has 1 aromatic heterocycles. The number of hydrogen-bond acceptors (Lipinski definition) is 2. The van der Waals surface area contributed by atoms with Gasteiger partial charge in [0.2, 0.25) is 0 Å². The predicted octanol–water partition coefficient (Wildman–Crippen LogP) is 1.77. The largest absolute Gasteiger partial charge is 0.319 e. The molecule has 1 aromatic rings. The summed E-state index contributed by atoms with van der Waals surface area (Å²) in [6.45, 7) is 0. The second-order valence-electron chi connectivity index (χ2n) is 2.15. The molecule has 1 heterocycles. The van der Waals surface area contributed by atoms with E-state index in [1.807, 2.05) is 0 Å². The van der Waals surface area contributed by atoms with Gasteiger partial charge in [0.25, 0.3) is 6.43 Å². The van der Waals surface area contributed by atoms with Crippen molar-refractivity contribution in [3.05, 3.63) is 30.1 Å². The van der Waals surface area contributed by atoms with Crippen molar-refractivity contribution in [3.8, 4) is 0 Å². The first-order valence-electron chi connectivity index (χ1n) is 3.15. The molecule has 0 spiro atoms. The summed E-state index contributed by atoms with van der Waals surface area (Å²) in [6.07, 6.45) is 0.331. The van der Waals surface area contributed by atoms with Crippen LogP contribution >= 0.6 is 12.4 Å². The Balaban J connectivity index is 0.00000121. The van der Waals surface area contributed by atoms with Crippen molar-refractivity contribution in [2.24, 2.45) is 5.73 Å². The van der Waals surface area contributed by atoms with E-state index in [4.69, 9.17) is 5.73 Å². The Kier molecular flexibility index (Phi) is 4.70. The van der Waals surface area contributed by atoms with E-state index in [9.17, 15) is 8.78 Å². The van der Waals surface area contributed by atoms with Crippen LogP contribution in [0.25, 0.3) is 0 Å². The number of alkyl halides is 2. The molecule has 5 heteroatoms. The van der Waals surface area contributed by atoms with Crippen LogP contribution in [0.1, 0.15) is 11.6 Å². The summed E-state index contributed by atoms with van der Waals surface area (Å²) in [7, 11) is 0. The van der Waals surface area contributed by atoms with Crippen LogP contribution in [0.5, 0.6) is 0 Å². The molecule has 0 saturated carbocycles. The molecule has 0 amide bonds. The van der Waals surface area contributed by atoms with Crippen LogP contribution in [-0.2, 0) is 0 Å².